The monoisotopic (exact) mass is 190 g/mol. The van der Waals surface area contributed by atoms with Crippen LogP contribution in [0.5, 0.6) is 0 Å². The molecular weight excluding hydrogens is 172 g/mol. The molecule has 0 saturated heterocycles. The standard InChI is InChI=1S/C13H18O/c1-3-13(14,4-2)11-10-12-8-6-5-7-9-12/h5-11,14H,3-4H2,1-2H3/b11-10+. The highest BCUT2D eigenvalue weighted by Gasteiger charge is 2.16. The molecule has 0 amide bonds. The Balaban J connectivity index is 2.72. The number of hydrogen-bond donors (Lipinski definition) is 1. The zero-order chi connectivity index (χ0) is 10.4. The Morgan fingerprint density at radius 2 is 1.71 bits per heavy atom. The lowest BCUT2D eigenvalue weighted by Gasteiger charge is -2.20. The van der Waals surface area contributed by atoms with E-state index in [-0.39, 0.29) is 0 Å². The summed E-state index contributed by atoms with van der Waals surface area (Å²) in [5.74, 6) is 0. The van der Waals surface area contributed by atoms with Gasteiger partial charge in [-0.05, 0) is 18.4 Å². The van der Waals surface area contributed by atoms with E-state index in [0.717, 1.165) is 18.4 Å². The zero-order valence-electron chi connectivity index (χ0n) is 8.90. The van der Waals surface area contributed by atoms with Gasteiger partial charge in [0.1, 0.15) is 0 Å². The Labute approximate surface area is 86.1 Å². The van der Waals surface area contributed by atoms with Crippen molar-refractivity contribution in [2.24, 2.45) is 0 Å². The summed E-state index contributed by atoms with van der Waals surface area (Å²) in [6.45, 7) is 4.00. The van der Waals surface area contributed by atoms with Crippen LogP contribution in [0.15, 0.2) is 36.4 Å². The first-order chi connectivity index (χ1) is 6.70. The van der Waals surface area contributed by atoms with E-state index in [9.17, 15) is 5.11 Å². The second-order valence-electron chi connectivity index (χ2n) is 3.55. The average molecular weight is 190 g/mol. The maximum absolute atomic E-state index is 10.0. The van der Waals surface area contributed by atoms with E-state index in [1.54, 1.807) is 0 Å². The molecule has 0 atom stereocenters. The molecule has 1 aromatic rings. The number of rotatable bonds is 4. The molecule has 0 bridgehead atoms. The predicted octanol–water partition coefficient (Wildman–Crippen LogP) is 3.25. The molecule has 0 saturated carbocycles. The average Bonchev–Trinajstić information content (AvgIpc) is 2.27. The first kappa shape index (κ1) is 11.0. The van der Waals surface area contributed by atoms with E-state index in [0.29, 0.717) is 0 Å². The Morgan fingerprint density at radius 3 is 2.21 bits per heavy atom. The lowest BCUT2D eigenvalue weighted by molar-refractivity contribution is 0.0836. The van der Waals surface area contributed by atoms with Crippen LogP contribution in [-0.2, 0) is 0 Å². The van der Waals surface area contributed by atoms with Crippen LogP contribution < -0.4 is 0 Å². The van der Waals surface area contributed by atoms with Crippen molar-refractivity contribution in [2.75, 3.05) is 0 Å². The van der Waals surface area contributed by atoms with E-state index >= 15 is 0 Å². The van der Waals surface area contributed by atoms with Crippen molar-refractivity contribution in [3.05, 3.63) is 42.0 Å². The lowest BCUT2D eigenvalue weighted by atomic mass is 9.96. The smallest absolute Gasteiger partial charge is 0.0825 e. The molecule has 1 aromatic carbocycles. The largest absolute Gasteiger partial charge is 0.386 e. The summed E-state index contributed by atoms with van der Waals surface area (Å²) in [4.78, 5) is 0. The minimum atomic E-state index is -0.643. The van der Waals surface area contributed by atoms with Gasteiger partial charge in [0.2, 0.25) is 0 Å². The minimum absolute atomic E-state index is 0.643. The predicted molar refractivity (Wildman–Crippen MR) is 61.0 cm³/mol. The van der Waals surface area contributed by atoms with Crippen molar-refractivity contribution in [1.82, 2.24) is 0 Å². The fourth-order valence-corrected chi connectivity index (χ4v) is 1.30. The Morgan fingerprint density at radius 1 is 1.14 bits per heavy atom. The maximum Gasteiger partial charge on any atom is 0.0825 e. The third kappa shape index (κ3) is 3.00. The van der Waals surface area contributed by atoms with Gasteiger partial charge in [0.15, 0.2) is 0 Å². The summed E-state index contributed by atoms with van der Waals surface area (Å²) in [7, 11) is 0. The first-order valence-corrected chi connectivity index (χ1v) is 5.17. The van der Waals surface area contributed by atoms with Crippen LogP contribution in [0.4, 0.5) is 0 Å². The van der Waals surface area contributed by atoms with Gasteiger partial charge < -0.3 is 5.11 Å². The van der Waals surface area contributed by atoms with Gasteiger partial charge in [0.05, 0.1) is 5.60 Å². The molecule has 0 spiro atoms. The molecule has 0 aromatic heterocycles. The number of aliphatic hydroxyl groups is 1. The highest BCUT2D eigenvalue weighted by Crippen LogP contribution is 2.17. The van der Waals surface area contributed by atoms with Gasteiger partial charge in [0.25, 0.3) is 0 Å². The topological polar surface area (TPSA) is 20.2 Å². The van der Waals surface area contributed by atoms with Crippen LogP contribution in [-0.4, -0.2) is 10.7 Å². The van der Waals surface area contributed by atoms with Gasteiger partial charge in [-0.25, -0.2) is 0 Å². The van der Waals surface area contributed by atoms with Crippen LogP contribution in [0.2, 0.25) is 0 Å². The van der Waals surface area contributed by atoms with E-state index in [1.807, 2.05) is 56.3 Å². The van der Waals surface area contributed by atoms with Crippen molar-refractivity contribution in [2.45, 2.75) is 32.3 Å². The number of benzene rings is 1. The normalized spacial score (nSPS) is 12.2. The Kier molecular flexibility index (Phi) is 3.90. The molecular formula is C13H18O. The molecule has 0 aliphatic heterocycles. The Bertz CT molecular complexity index is 283. The fourth-order valence-electron chi connectivity index (χ4n) is 1.30. The molecule has 14 heavy (non-hydrogen) atoms. The molecule has 0 fully saturated rings. The summed E-state index contributed by atoms with van der Waals surface area (Å²) in [5.41, 5.74) is 0.489. The summed E-state index contributed by atoms with van der Waals surface area (Å²) in [6, 6.07) is 10.0. The van der Waals surface area contributed by atoms with Gasteiger partial charge in [-0.1, -0.05) is 56.3 Å². The van der Waals surface area contributed by atoms with E-state index in [2.05, 4.69) is 0 Å². The van der Waals surface area contributed by atoms with Gasteiger partial charge in [-0.2, -0.15) is 0 Å². The van der Waals surface area contributed by atoms with Crippen LogP contribution in [0, 0.1) is 0 Å². The minimum Gasteiger partial charge on any atom is -0.386 e. The number of hydrogen-bond acceptors (Lipinski definition) is 1. The first-order valence-electron chi connectivity index (χ1n) is 5.17. The molecule has 1 rings (SSSR count). The highest BCUT2D eigenvalue weighted by atomic mass is 16.3. The van der Waals surface area contributed by atoms with Crippen molar-refractivity contribution >= 4 is 6.08 Å². The third-order valence-electron chi connectivity index (χ3n) is 2.61. The van der Waals surface area contributed by atoms with Crippen molar-refractivity contribution in [3.8, 4) is 0 Å². The molecule has 0 radical (unpaired) electrons. The SMILES string of the molecule is CCC(O)(/C=C/c1ccccc1)CC. The summed E-state index contributed by atoms with van der Waals surface area (Å²) in [5, 5.41) is 10.0. The second kappa shape index (κ2) is 4.97. The van der Waals surface area contributed by atoms with Crippen molar-refractivity contribution in [3.63, 3.8) is 0 Å². The summed E-state index contributed by atoms with van der Waals surface area (Å²) < 4.78 is 0. The van der Waals surface area contributed by atoms with Crippen LogP contribution in [0.3, 0.4) is 0 Å². The second-order valence-corrected chi connectivity index (χ2v) is 3.55. The van der Waals surface area contributed by atoms with Gasteiger partial charge in [-0.15, -0.1) is 0 Å². The quantitative estimate of drug-likeness (QED) is 0.772. The lowest BCUT2D eigenvalue weighted by Crippen LogP contribution is -2.22. The van der Waals surface area contributed by atoms with E-state index < -0.39 is 5.60 Å². The molecule has 0 aliphatic rings. The van der Waals surface area contributed by atoms with Gasteiger partial charge in [-0.3, -0.25) is 0 Å². The molecule has 0 aliphatic carbocycles. The zero-order valence-corrected chi connectivity index (χ0v) is 8.90. The highest BCUT2D eigenvalue weighted by molar-refractivity contribution is 5.50. The van der Waals surface area contributed by atoms with Crippen molar-refractivity contribution < 1.29 is 5.11 Å². The summed E-state index contributed by atoms with van der Waals surface area (Å²) in [6.07, 6.45) is 5.38. The molecule has 0 heterocycles. The maximum atomic E-state index is 10.0. The molecule has 1 nitrogen and oxygen atoms in total. The molecule has 1 N–H and O–H groups in total. The summed E-state index contributed by atoms with van der Waals surface area (Å²) >= 11 is 0. The van der Waals surface area contributed by atoms with Gasteiger partial charge in [0, 0.05) is 0 Å². The Hall–Kier alpha value is -1.08. The van der Waals surface area contributed by atoms with E-state index in [4.69, 9.17) is 0 Å². The van der Waals surface area contributed by atoms with Crippen LogP contribution in [0.1, 0.15) is 32.3 Å². The molecule has 76 valence electrons. The van der Waals surface area contributed by atoms with Gasteiger partial charge >= 0.3 is 0 Å². The molecule has 1 heteroatoms. The van der Waals surface area contributed by atoms with Crippen molar-refractivity contribution in [1.29, 1.82) is 0 Å². The van der Waals surface area contributed by atoms with Crippen LogP contribution in [0.25, 0.3) is 6.08 Å². The third-order valence-corrected chi connectivity index (χ3v) is 2.61. The van der Waals surface area contributed by atoms with Crippen LogP contribution >= 0.6 is 0 Å². The molecule has 0 unspecified atom stereocenters. The fraction of sp³-hybridized carbons (Fsp3) is 0.385. The van der Waals surface area contributed by atoms with E-state index in [1.165, 1.54) is 0 Å².